The van der Waals surface area contributed by atoms with E-state index < -0.39 is 0 Å². The van der Waals surface area contributed by atoms with Crippen LogP contribution in [0.15, 0.2) is 53.0 Å². The van der Waals surface area contributed by atoms with Gasteiger partial charge in [0.1, 0.15) is 0 Å². The van der Waals surface area contributed by atoms with Gasteiger partial charge in [0.05, 0.1) is 23.3 Å². The van der Waals surface area contributed by atoms with Gasteiger partial charge in [-0.25, -0.2) is 0 Å². The minimum Gasteiger partial charge on any atom is -0.399 e. The van der Waals surface area contributed by atoms with Crippen molar-refractivity contribution in [1.29, 1.82) is 10.5 Å². The summed E-state index contributed by atoms with van der Waals surface area (Å²) in [5.41, 5.74) is 7.40. The standard InChI is InChI=1S/C7H4BrN.C7H6N2/c8-7-3-1-6(5-9)2-4-7;8-5-6-1-3-7(9)4-2-6/h1-4H;1-4H,9H2. The highest BCUT2D eigenvalue weighted by Gasteiger charge is 1.86. The zero-order valence-electron chi connectivity index (χ0n) is 9.47. The van der Waals surface area contributed by atoms with Gasteiger partial charge in [0.25, 0.3) is 0 Å². The Morgan fingerprint density at radius 2 is 1.17 bits per heavy atom. The number of halogens is 1. The van der Waals surface area contributed by atoms with Gasteiger partial charge in [-0.15, -0.1) is 0 Å². The molecule has 0 saturated heterocycles. The van der Waals surface area contributed by atoms with Crippen LogP contribution in [-0.2, 0) is 0 Å². The molecule has 0 aliphatic rings. The monoisotopic (exact) mass is 299 g/mol. The molecular formula is C14H10BrN3. The number of hydrogen-bond acceptors (Lipinski definition) is 3. The van der Waals surface area contributed by atoms with Crippen molar-refractivity contribution in [2.45, 2.75) is 0 Å². The molecule has 0 bridgehead atoms. The number of anilines is 1. The third-order valence-corrected chi connectivity index (χ3v) is 2.54. The van der Waals surface area contributed by atoms with Crippen molar-refractivity contribution in [3.63, 3.8) is 0 Å². The molecule has 0 spiro atoms. The maximum Gasteiger partial charge on any atom is 0.0991 e. The molecule has 2 aromatic rings. The molecule has 0 atom stereocenters. The summed E-state index contributed by atoms with van der Waals surface area (Å²) in [7, 11) is 0. The minimum atomic E-state index is 0.643. The van der Waals surface area contributed by atoms with E-state index in [9.17, 15) is 0 Å². The molecule has 4 heteroatoms. The van der Waals surface area contributed by atoms with Crippen molar-refractivity contribution in [3.8, 4) is 12.1 Å². The number of benzene rings is 2. The van der Waals surface area contributed by atoms with Gasteiger partial charge in [-0.05, 0) is 48.5 Å². The second-order valence-corrected chi connectivity index (χ2v) is 4.27. The second kappa shape index (κ2) is 7.11. The summed E-state index contributed by atoms with van der Waals surface area (Å²) in [6.07, 6.45) is 0. The smallest absolute Gasteiger partial charge is 0.0991 e. The normalized spacial score (nSPS) is 8.39. The van der Waals surface area contributed by atoms with E-state index in [2.05, 4.69) is 15.9 Å². The minimum absolute atomic E-state index is 0.643. The molecule has 2 rings (SSSR count). The summed E-state index contributed by atoms with van der Waals surface area (Å²) >= 11 is 3.27. The van der Waals surface area contributed by atoms with Crippen LogP contribution in [0.3, 0.4) is 0 Å². The fourth-order valence-electron chi connectivity index (χ4n) is 1.08. The lowest BCUT2D eigenvalue weighted by atomic mass is 10.2. The van der Waals surface area contributed by atoms with Crippen molar-refractivity contribution in [1.82, 2.24) is 0 Å². The average Bonchev–Trinajstić information content (AvgIpc) is 2.41. The highest BCUT2D eigenvalue weighted by Crippen LogP contribution is 2.09. The molecule has 0 saturated carbocycles. The lowest BCUT2D eigenvalue weighted by Gasteiger charge is -1.88. The second-order valence-electron chi connectivity index (χ2n) is 3.35. The highest BCUT2D eigenvalue weighted by molar-refractivity contribution is 9.10. The first-order valence-corrected chi connectivity index (χ1v) is 5.86. The number of hydrogen-bond donors (Lipinski definition) is 1. The van der Waals surface area contributed by atoms with E-state index in [1.807, 2.05) is 24.3 Å². The van der Waals surface area contributed by atoms with Crippen LogP contribution in [0.5, 0.6) is 0 Å². The van der Waals surface area contributed by atoms with Gasteiger partial charge in [0.2, 0.25) is 0 Å². The summed E-state index contributed by atoms with van der Waals surface area (Å²) in [4.78, 5) is 0. The molecule has 18 heavy (non-hydrogen) atoms. The van der Waals surface area contributed by atoms with E-state index in [0.29, 0.717) is 16.8 Å². The summed E-state index contributed by atoms with van der Waals surface area (Å²) in [5, 5.41) is 16.7. The Kier molecular flexibility index (Phi) is 5.44. The van der Waals surface area contributed by atoms with Crippen LogP contribution in [0.4, 0.5) is 5.69 Å². The molecule has 0 fully saturated rings. The molecule has 0 aromatic heterocycles. The molecule has 88 valence electrons. The van der Waals surface area contributed by atoms with Gasteiger partial charge in [0.15, 0.2) is 0 Å². The van der Waals surface area contributed by atoms with Crippen molar-refractivity contribution in [2.75, 3.05) is 5.73 Å². The number of nitrogen functional groups attached to an aromatic ring is 1. The number of rotatable bonds is 0. The number of nitrogens with zero attached hydrogens (tertiary/aromatic N) is 2. The fraction of sp³-hybridized carbons (Fsp3) is 0. The average molecular weight is 300 g/mol. The molecule has 2 aromatic carbocycles. The van der Waals surface area contributed by atoms with Crippen molar-refractivity contribution in [3.05, 3.63) is 64.1 Å². The molecule has 0 heterocycles. The van der Waals surface area contributed by atoms with Crippen molar-refractivity contribution >= 4 is 21.6 Å². The molecular weight excluding hydrogens is 290 g/mol. The van der Waals surface area contributed by atoms with Crippen molar-refractivity contribution in [2.24, 2.45) is 0 Å². The lowest BCUT2D eigenvalue weighted by Crippen LogP contribution is -1.82. The predicted octanol–water partition coefficient (Wildman–Crippen LogP) is 3.46. The van der Waals surface area contributed by atoms with Crippen LogP contribution in [0.1, 0.15) is 11.1 Å². The molecule has 0 aliphatic carbocycles. The summed E-state index contributed by atoms with van der Waals surface area (Å²) in [6.45, 7) is 0. The first-order valence-electron chi connectivity index (χ1n) is 5.07. The SMILES string of the molecule is N#Cc1ccc(Br)cc1.N#Cc1ccc(N)cc1. The van der Waals surface area contributed by atoms with E-state index in [4.69, 9.17) is 16.3 Å². The summed E-state index contributed by atoms with van der Waals surface area (Å²) in [5.74, 6) is 0. The quantitative estimate of drug-likeness (QED) is 0.757. The Bertz CT molecular complexity index is 519. The summed E-state index contributed by atoms with van der Waals surface area (Å²) < 4.78 is 1.00. The maximum atomic E-state index is 8.36. The first kappa shape index (κ1) is 13.8. The Morgan fingerprint density at radius 3 is 1.56 bits per heavy atom. The van der Waals surface area contributed by atoms with E-state index in [0.717, 1.165) is 4.47 Å². The van der Waals surface area contributed by atoms with Crippen LogP contribution < -0.4 is 5.73 Å². The van der Waals surface area contributed by atoms with Gasteiger partial charge >= 0.3 is 0 Å². The Balaban J connectivity index is 0.000000180. The molecule has 0 unspecified atom stereocenters. The molecule has 2 N–H and O–H groups in total. The van der Waals surface area contributed by atoms with Gasteiger partial charge < -0.3 is 5.73 Å². The molecule has 0 amide bonds. The molecule has 0 aliphatic heterocycles. The highest BCUT2D eigenvalue weighted by atomic mass is 79.9. The lowest BCUT2D eigenvalue weighted by molar-refractivity contribution is 1.48. The topological polar surface area (TPSA) is 73.6 Å². The van der Waals surface area contributed by atoms with E-state index >= 15 is 0 Å². The Hall–Kier alpha value is -2.30. The van der Waals surface area contributed by atoms with Gasteiger partial charge in [-0.3, -0.25) is 0 Å². The van der Waals surface area contributed by atoms with Crippen LogP contribution in [0.25, 0.3) is 0 Å². The van der Waals surface area contributed by atoms with Crippen LogP contribution >= 0.6 is 15.9 Å². The third kappa shape index (κ3) is 4.69. The summed E-state index contributed by atoms with van der Waals surface area (Å²) in [6, 6.07) is 18.1. The number of nitrogens with two attached hydrogens (primary N) is 1. The number of nitriles is 2. The van der Waals surface area contributed by atoms with E-state index in [1.54, 1.807) is 36.4 Å². The molecule has 0 radical (unpaired) electrons. The first-order chi connectivity index (χ1) is 8.65. The fourth-order valence-corrected chi connectivity index (χ4v) is 1.35. The van der Waals surface area contributed by atoms with Crippen molar-refractivity contribution < 1.29 is 0 Å². The largest absolute Gasteiger partial charge is 0.399 e. The molecule has 3 nitrogen and oxygen atoms in total. The van der Waals surface area contributed by atoms with Gasteiger partial charge in [0, 0.05) is 10.2 Å². The van der Waals surface area contributed by atoms with Gasteiger partial charge in [-0.2, -0.15) is 10.5 Å². The third-order valence-electron chi connectivity index (χ3n) is 2.01. The Morgan fingerprint density at radius 1 is 0.778 bits per heavy atom. The predicted molar refractivity (Wildman–Crippen MR) is 74.4 cm³/mol. The van der Waals surface area contributed by atoms with E-state index in [1.165, 1.54) is 0 Å². The van der Waals surface area contributed by atoms with Crippen LogP contribution in [0.2, 0.25) is 0 Å². The Labute approximate surface area is 114 Å². The van der Waals surface area contributed by atoms with Crippen LogP contribution in [-0.4, -0.2) is 0 Å². The zero-order chi connectivity index (χ0) is 13.4. The van der Waals surface area contributed by atoms with Crippen LogP contribution in [0, 0.1) is 22.7 Å². The van der Waals surface area contributed by atoms with E-state index in [-0.39, 0.29) is 0 Å². The van der Waals surface area contributed by atoms with Gasteiger partial charge in [-0.1, -0.05) is 15.9 Å². The zero-order valence-corrected chi connectivity index (χ0v) is 11.1. The maximum absolute atomic E-state index is 8.36.